The van der Waals surface area contributed by atoms with Gasteiger partial charge in [-0.05, 0) is 53.2 Å². The first-order valence-corrected chi connectivity index (χ1v) is 7.95. The third-order valence-electron chi connectivity index (χ3n) is 4.91. The van der Waals surface area contributed by atoms with Crippen molar-refractivity contribution in [3.63, 3.8) is 0 Å². The third kappa shape index (κ3) is 3.09. The van der Waals surface area contributed by atoms with E-state index in [0.29, 0.717) is 5.92 Å². The second-order valence-corrected chi connectivity index (χ2v) is 7.27. The van der Waals surface area contributed by atoms with Gasteiger partial charge in [0.1, 0.15) is 0 Å². The summed E-state index contributed by atoms with van der Waals surface area (Å²) in [4.78, 5) is 2.42. The Balaban J connectivity index is 2.25. The van der Waals surface area contributed by atoms with Crippen LogP contribution in [0.1, 0.15) is 40.2 Å². The molecular weight excluding hydrogens is 260 g/mol. The molecule has 0 saturated carbocycles. The van der Waals surface area contributed by atoms with Crippen molar-refractivity contribution < 1.29 is 4.74 Å². The summed E-state index contributed by atoms with van der Waals surface area (Å²) in [6, 6.07) is 8.59. The lowest BCUT2D eigenvalue weighted by Gasteiger charge is -2.34. The van der Waals surface area contributed by atoms with E-state index in [4.69, 9.17) is 10.5 Å². The molecule has 0 bridgehead atoms. The largest absolute Gasteiger partial charge is 0.371 e. The van der Waals surface area contributed by atoms with Crippen molar-refractivity contribution in [2.24, 2.45) is 11.7 Å². The number of benzene rings is 1. The van der Waals surface area contributed by atoms with E-state index in [-0.39, 0.29) is 17.2 Å². The molecular formula is C18H30N2O. The topological polar surface area (TPSA) is 38.5 Å². The molecule has 1 aromatic carbocycles. The Kier molecular flexibility index (Phi) is 4.36. The van der Waals surface area contributed by atoms with E-state index in [1.165, 1.54) is 11.3 Å². The van der Waals surface area contributed by atoms with Gasteiger partial charge in [-0.1, -0.05) is 18.2 Å². The highest BCUT2D eigenvalue weighted by atomic mass is 16.5. The monoisotopic (exact) mass is 290 g/mol. The predicted molar refractivity (Wildman–Crippen MR) is 89.8 cm³/mol. The van der Waals surface area contributed by atoms with E-state index >= 15 is 0 Å². The number of anilines is 1. The van der Waals surface area contributed by atoms with Gasteiger partial charge in [-0.15, -0.1) is 0 Å². The SMILES string of the molecule is CCN(CC1C(N)C(C)(C)OC1(C)C)c1ccccc1C. The minimum absolute atomic E-state index is 0.0468. The van der Waals surface area contributed by atoms with Gasteiger partial charge in [-0.25, -0.2) is 0 Å². The summed E-state index contributed by atoms with van der Waals surface area (Å²) in [5.41, 5.74) is 8.65. The Morgan fingerprint density at radius 1 is 1.14 bits per heavy atom. The molecule has 1 aliphatic heterocycles. The van der Waals surface area contributed by atoms with E-state index in [0.717, 1.165) is 13.1 Å². The molecule has 3 nitrogen and oxygen atoms in total. The molecule has 2 N–H and O–H groups in total. The molecule has 2 unspecified atom stereocenters. The van der Waals surface area contributed by atoms with Crippen LogP contribution in [0.5, 0.6) is 0 Å². The number of ether oxygens (including phenoxy) is 1. The third-order valence-corrected chi connectivity index (χ3v) is 4.91. The molecule has 0 amide bonds. The molecule has 21 heavy (non-hydrogen) atoms. The van der Waals surface area contributed by atoms with Gasteiger partial charge >= 0.3 is 0 Å². The zero-order valence-electron chi connectivity index (χ0n) is 14.3. The predicted octanol–water partition coefficient (Wildman–Crippen LogP) is 3.35. The Hall–Kier alpha value is -1.06. The number of nitrogens with two attached hydrogens (primary N) is 1. The Morgan fingerprint density at radius 2 is 1.76 bits per heavy atom. The van der Waals surface area contributed by atoms with E-state index in [2.05, 4.69) is 70.7 Å². The highest BCUT2D eigenvalue weighted by Gasteiger charge is 2.52. The van der Waals surface area contributed by atoms with Gasteiger partial charge in [0.25, 0.3) is 0 Å². The van der Waals surface area contributed by atoms with Crippen LogP contribution in [-0.4, -0.2) is 30.3 Å². The van der Waals surface area contributed by atoms with E-state index < -0.39 is 0 Å². The van der Waals surface area contributed by atoms with Crippen LogP contribution < -0.4 is 10.6 Å². The van der Waals surface area contributed by atoms with Crippen molar-refractivity contribution in [2.75, 3.05) is 18.0 Å². The van der Waals surface area contributed by atoms with Gasteiger partial charge in [-0.3, -0.25) is 0 Å². The maximum Gasteiger partial charge on any atom is 0.0788 e. The highest BCUT2D eigenvalue weighted by Crippen LogP contribution is 2.42. The molecule has 2 rings (SSSR count). The van der Waals surface area contributed by atoms with Gasteiger partial charge in [0.2, 0.25) is 0 Å². The number of hydrogen-bond donors (Lipinski definition) is 1. The number of rotatable bonds is 4. The quantitative estimate of drug-likeness (QED) is 0.924. The lowest BCUT2D eigenvalue weighted by Crippen LogP contribution is -2.48. The van der Waals surface area contributed by atoms with Crippen molar-refractivity contribution >= 4 is 5.69 Å². The summed E-state index contributed by atoms with van der Waals surface area (Å²) in [7, 11) is 0. The van der Waals surface area contributed by atoms with Crippen molar-refractivity contribution in [2.45, 2.75) is 58.8 Å². The zero-order chi connectivity index (χ0) is 15.8. The number of hydrogen-bond acceptors (Lipinski definition) is 3. The average molecular weight is 290 g/mol. The summed E-state index contributed by atoms with van der Waals surface area (Å²) >= 11 is 0. The molecule has 118 valence electrons. The van der Waals surface area contributed by atoms with E-state index in [9.17, 15) is 0 Å². The molecule has 1 aromatic rings. The standard InChI is InChI=1S/C18H30N2O/c1-7-20(15-11-9-8-10-13(15)2)12-14-16(19)18(5,6)21-17(14,3)4/h8-11,14,16H,7,12,19H2,1-6H3. The molecule has 3 heteroatoms. The van der Waals surface area contributed by atoms with Gasteiger partial charge in [-0.2, -0.15) is 0 Å². The van der Waals surface area contributed by atoms with Gasteiger partial charge < -0.3 is 15.4 Å². The fourth-order valence-corrected chi connectivity index (χ4v) is 3.63. The summed E-state index contributed by atoms with van der Waals surface area (Å²) in [6.07, 6.45) is 0. The number of nitrogens with zero attached hydrogens (tertiary/aromatic N) is 1. The fraction of sp³-hybridized carbons (Fsp3) is 0.667. The van der Waals surface area contributed by atoms with E-state index in [1.807, 2.05) is 0 Å². The normalized spacial score (nSPS) is 26.8. The Bertz CT molecular complexity index is 496. The molecule has 1 heterocycles. The van der Waals surface area contributed by atoms with Crippen LogP contribution in [0.2, 0.25) is 0 Å². The van der Waals surface area contributed by atoms with Crippen LogP contribution in [0.25, 0.3) is 0 Å². The summed E-state index contributed by atoms with van der Waals surface area (Å²) in [6.45, 7) is 14.8. The molecule has 0 aliphatic carbocycles. The summed E-state index contributed by atoms with van der Waals surface area (Å²) < 4.78 is 6.22. The van der Waals surface area contributed by atoms with Gasteiger partial charge in [0.05, 0.1) is 11.2 Å². The molecule has 1 aliphatic rings. The maximum absolute atomic E-state index is 6.50. The van der Waals surface area contributed by atoms with Crippen LogP contribution >= 0.6 is 0 Å². The van der Waals surface area contributed by atoms with Crippen molar-refractivity contribution in [1.82, 2.24) is 0 Å². The molecule has 1 fully saturated rings. The van der Waals surface area contributed by atoms with Crippen LogP contribution in [0.15, 0.2) is 24.3 Å². The first-order valence-electron chi connectivity index (χ1n) is 7.95. The minimum Gasteiger partial charge on any atom is -0.371 e. The molecule has 2 atom stereocenters. The number of aryl methyl sites for hydroxylation is 1. The maximum atomic E-state index is 6.50. The Morgan fingerprint density at radius 3 is 2.24 bits per heavy atom. The molecule has 1 saturated heterocycles. The smallest absolute Gasteiger partial charge is 0.0788 e. The number of para-hydroxylation sites is 1. The van der Waals surface area contributed by atoms with Crippen LogP contribution in [0.4, 0.5) is 5.69 Å². The fourth-order valence-electron chi connectivity index (χ4n) is 3.63. The van der Waals surface area contributed by atoms with E-state index in [1.54, 1.807) is 0 Å². The van der Waals surface area contributed by atoms with Crippen molar-refractivity contribution in [3.8, 4) is 0 Å². The summed E-state index contributed by atoms with van der Waals surface area (Å²) in [5, 5.41) is 0. The zero-order valence-corrected chi connectivity index (χ0v) is 14.3. The summed E-state index contributed by atoms with van der Waals surface area (Å²) in [5.74, 6) is 0.312. The van der Waals surface area contributed by atoms with Gasteiger partial charge in [0.15, 0.2) is 0 Å². The van der Waals surface area contributed by atoms with Gasteiger partial charge in [0, 0.05) is 30.7 Å². The molecule has 0 aromatic heterocycles. The molecule has 0 radical (unpaired) electrons. The minimum atomic E-state index is -0.265. The first kappa shape index (κ1) is 16.3. The first-order chi connectivity index (χ1) is 9.69. The van der Waals surface area contributed by atoms with Crippen LogP contribution in [-0.2, 0) is 4.74 Å². The highest BCUT2D eigenvalue weighted by molar-refractivity contribution is 5.53. The second kappa shape index (κ2) is 5.62. The van der Waals surface area contributed by atoms with Crippen molar-refractivity contribution in [1.29, 1.82) is 0 Å². The average Bonchev–Trinajstić information content (AvgIpc) is 2.54. The Labute approximate surface area is 129 Å². The lowest BCUT2D eigenvalue weighted by atomic mass is 9.82. The van der Waals surface area contributed by atoms with Crippen molar-refractivity contribution in [3.05, 3.63) is 29.8 Å². The van der Waals surface area contributed by atoms with Crippen LogP contribution in [0.3, 0.4) is 0 Å². The second-order valence-electron chi connectivity index (χ2n) is 7.27. The lowest BCUT2D eigenvalue weighted by molar-refractivity contribution is -0.0757. The van der Waals surface area contributed by atoms with Crippen LogP contribution in [0, 0.1) is 12.8 Å². The molecule has 0 spiro atoms.